The van der Waals surface area contributed by atoms with E-state index in [1.807, 2.05) is 0 Å². The predicted molar refractivity (Wildman–Crippen MR) is 79.1 cm³/mol. The molecule has 19 heavy (non-hydrogen) atoms. The van der Waals surface area contributed by atoms with Gasteiger partial charge in [0.25, 0.3) is 0 Å². The third-order valence-electron chi connectivity index (χ3n) is 4.98. The first-order valence-electron chi connectivity index (χ1n) is 8.29. The number of nitrogens with zero attached hydrogens (tertiary/aromatic N) is 2. The molecule has 0 saturated carbocycles. The molecule has 0 radical (unpaired) electrons. The monoisotopic (exact) mass is 266 g/mol. The zero-order chi connectivity index (χ0) is 13.7. The van der Waals surface area contributed by atoms with Gasteiger partial charge in [0, 0.05) is 18.6 Å². The highest BCUT2D eigenvalue weighted by atomic mass is 16.2. The molecule has 0 N–H and O–H groups in total. The molecule has 2 rings (SSSR count). The fraction of sp³-hybridized carbons (Fsp3) is 0.938. The molecule has 2 aliphatic rings. The van der Waals surface area contributed by atoms with Crippen LogP contribution in [0.1, 0.15) is 65.2 Å². The van der Waals surface area contributed by atoms with Gasteiger partial charge in [-0.1, -0.05) is 20.3 Å². The van der Waals surface area contributed by atoms with E-state index in [-0.39, 0.29) is 0 Å². The SMILES string of the molecule is CCC1CCCCN1CC(=O)N1CCCCC1CC. The Kier molecular flexibility index (Phi) is 5.68. The van der Waals surface area contributed by atoms with Crippen molar-refractivity contribution in [1.29, 1.82) is 0 Å². The lowest BCUT2D eigenvalue weighted by Gasteiger charge is -2.39. The average molecular weight is 266 g/mol. The van der Waals surface area contributed by atoms with Gasteiger partial charge < -0.3 is 4.90 Å². The maximum absolute atomic E-state index is 12.6. The average Bonchev–Trinajstić information content (AvgIpc) is 2.47. The van der Waals surface area contributed by atoms with Crippen LogP contribution in [0.3, 0.4) is 0 Å². The zero-order valence-electron chi connectivity index (χ0n) is 12.7. The largest absolute Gasteiger partial charge is 0.339 e. The maximum Gasteiger partial charge on any atom is 0.237 e. The van der Waals surface area contributed by atoms with E-state index in [1.54, 1.807) is 0 Å². The Morgan fingerprint density at radius 3 is 2.26 bits per heavy atom. The number of hydrogen-bond donors (Lipinski definition) is 0. The van der Waals surface area contributed by atoms with E-state index >= 15 is 0 Å². The third-order valence-corrected chi connectivity index (χ3v) is 4.98. The molecule has 0 aromatic carbocycles. The summed E-state index contributed by atoms with van der Waals surface area (Å²) in [5, 5.41) is 0. The summed E-state index contributed by atoms with van der Waals surface area (Å²) in [6, 6.07) is 1.15. The minimum absolute atomic E-state index is 0.381. The molecule has 3 nitrogen and oxygen atoms in total. The number of piperidine rings is 2. The van der Waals surface area contributed by atoms with Gasteiger partial charge in [0.1, 0.15) is 0 Å². The van der Waals surface area contributed by atoms with E-state index in [9.17, 15) is 4.79 Å². The number of carbonyl (C=O) groups excluding carboxylic acids is 1. The van der Waals surface area contributed by atoms with E-state index in [4.69, 9.17) is 0 Å². The summed E-state index contributed by atoms with van der Waals surface area (Å²) >= 11 is 0. The lowest BCUT2D eigenvalue weighted by molar-refractivity contribution is -0.137. The molecule has 3 heteroatoms. The Bertz CT molecular complexity index is 292. The molecular formula is C16H30N2O. The van der Waals surface area contributed by atoms with Crippen LogP contribution < -0.4 is 0 Å². The highest BCUT2D eigenvalue weighted by molar-refractivity contribution is 5.78. The van der Waals surface area contributed by atoms with Crippen LogP contribution in [0.4, 0.5) is 0 Å². The Balaban J connectivity index is 1.91. The van der Waals surface area contributed by atoms with Crippen LogP contribution >= 0.6 is 0 Å². The number of carbonyl (C=O) groups is 1. The molecule has 2 unspecified atom stereocenters. The Morgan fingerprint density at radius 1 is 0.947 bits per heavy atom. The Hall–Kier alpha value is -0.570. The van der Waals surface area contributed by atoms with Crippen LogP contribution in [0.15, 0.2) is 0 Å². The Labute approximate surface area is 118 Å². The van der Waals surface area contributed by atoms with Crippen molar-refractivity contribution in [2.24, 2.45) is 0 Å². The number of hydrogen-bond acceptors (Lipinski definition) is 2. The van der Waals surface area contributed by atoms with Crippen LogP contribution in [-0.4, -0.2) is 47.4 Å². The second-order valence-electron chi connectivity index (χ2n) is 6.17. The molecule has 0 aliphatic carbocycles. The van der Waals surface area contributed by atoms with Gasteiger partial charge in [0.05, 0.1) is 6.54 Å². The van der Waals surface area contributed by atoms with Crippen LogP contribution in [0.25, 0.3) is 0 Å². The molecule has 1 amide bonds. The van der Waals surface area contributed by atoms with Crippen molar-refractivity contribution in [3.8, 4) is 0 Å². The normalized spacial score (nSPS) is 29.5. The lowest BCUT2D eigenvalue weighted by atomic mass is 9.98. The van der Waals surface area contributed by atoms with Crippen molar-refractivity contribution in [1.82, 2.24) is 9.80 Å². The molecular weight excluding hydrogens is 236 g/mol. The van der Waals surface area contributed by atoms with Crippen LogP contribution in [-0.2, 0) is 4.79 Å². The van der Waals surface area contributed by atoms with Crippen molar-refractivity contribution in [2.45, 2.75) is 77.3 Å². The van der Waals surface area contributed by atoms with Gasteiger partial charge in [-0.05, 0) is 51.5 Å². The van der Waals surface area contributed by atoms with Gasteiger partial charge in [0.2, 0.25) is 5.91 Å². The molecule has 2 heterocycles. The third kappa shape index (κ3) is 3.71. The molecule has 0 aromatic heterocycles. The summed E-state index contributed by atoms with van der Waals surface area (Å²) in [5.41, 5.74) is 0. The second-order valence-corrected chi connectivity index (χ2v) is 6.17. The summed E-state index contributed by atoms with van der Waals surface area (Å²) in [5.74, 6) is 0.381. The van der Waals surface area contributed by atoms with E-state index in [2.05, 4.69) is 23.6 Å². The van der Waals surface area contributed by atoms with Gasteiger partial charge in [-0.3, -0.25) is 9.69 Å². The summed E-state index contributed by atoms with van der Waals surface area (Å²) < 4.78 is 0. The first-order valence-corrected chi connectivity index (χ1v) is 8.29. The minimum Gasteiger partial charge on any atom is -0.339 e. The highest BCUT2D eigenvalue weighted by Crippen LogP contribution is 2.22. The van der Waals surface area contributed by atoms with Gasteiger partial charge in [-0.15, -0.1) is 0 Å². The molecule has 110 valence electrons. The maximum atomic E-state index is 12.6. The van der Waals surface area contributed by atoms with E-state index < -0.39 is 0 Å². The van der Waals surface area contributed by atoms with Crippen molar-refractivity contribution in [2.75, 3.05) is 19.6 Å². The smallest absolute Gasteiger partial charge is 0.237 e. The Morgan fingerprint density at radius 2 is 1.58 bits per heavy atom. The molecule has 2 atom stereocenters. The van der Waals surface area contributed by atoms with Gasteiger partial charge in [-0.2, -0.15) is 0 Å². The van der Waals surface area contributed by atoms with Crippen LogP contribution in [0.2, 0.25) is 0 Å². The quantitative estimate of drug-likeness (QED) is 0.781. The molecule has 2 saturated heterocycles. The van der Waals surface area contributed by atoms with Crippen molar-refractivity contribution in [3.05, 3.63) is 0 Å². The summed E-state index contributed by atoms with van der Waals surface area (Å²) in [7, 11) is 0. The van der Waals surface area contributed by atoms with Crippen LogP contribution in [0.5, 0.6) is 0 Å². The van der Waals surface area contributed by atoms with Gasteiger partial charge in [-0.25, -0.2) is 0 Å². The first kappa shape index (κ1) is 14.8. The van der Waals surface area contributed by atoms with E-state index in [0.29, 0.717) is 24.5 Å². The predicted octanol–water partition coefficient (Wildman–Crippen LogP) is 3.04. The summed E-state index contributed by atoms with van der Waals surface area (Å²) in [6.07, 6.45) is 9.88. The van der Waals surface area contributed by atoms with Gasteiger partial charge in [0.15, 0.2) is 0 Å². The molecule has 0 spiro atoms. The zero-order valence-corrected chi connectivity index (χ0v) is 12.7. The molecule has 0 aromatic rings. The van der Waals surface area contributed by atoms with Crippen molar-refractivity contribution in [3.63, 3.8) is 0 Å². The number of likely N-dealkylation sites (tertiary alicyclic amines) is 2. The first-order chi connectivity index (χ1) is 9.26. The number of rotatable bonds is 4. The lowest BCUT2D eigenvalue weighted by Crippen LogP contribution is -2.50. The minimum atomic E-state index is 0.381. The number of amides is 1. The second kappa shape index (κ2) is 7.28. The molecule has 0 bridgehead atoms. The summed E-state index contributed by atoms with van der Waals surface area (Å²) in [6.45, 7) is 7.24. The highest BCUT2D eigenvalue weighted by Gasteiger charge is 2.29. The topological polar surface area (TPSA) is 23.6 Å². The standard InChI is InChI=1S/C16H30N2O/c1-3-14-9-5-7-11-17(14)13-16(19)18-12-8-6-10-15(18)4-2/h14-15H,3-13H2,1-2H3. The van der Waals surface area contributed by atoms with E-state index in [1.165, 1.54) is 44.9 Å². The molecule has 2 aliphatic heterocycles. The fourth-order valence-electron chi connectivity index (χ4n) is 3.75. The van der Waals surface area contributed by atoms with Crippen molar-refractivity contribution < 1.29 is 4.79 Å². The van der Waals surface area contributed by atoms with Gasteiger partial charge >= 0.3 is 0 Å². The van der Waals surface area contributed by atoms with Crippen LogP contribution in [0, 0.1) is 0 Å². The summed E-state index contributed by atoms with van der Waals surface area (Å²) in [4.78, 5) is 17.2. The fourth-order valence-corrected chi connectivity index (χ4v) is 3.75. The van der Waals surface area contributed by atoms with E-state index in [0.717, 1.165) is 19.5 Å². The molecule has 2 fully saturated rings. The van der Waals surface area contributed by atoms with Crippen molar-refractivity contribution >= 4 is 5.91 Å².